The minimum atomic E-state index is -1.16. The second-order valence-electron chi connectivity index (χ2n) is 7.54. The monoisotopic (exact) mass is 368 g/mol. The van der Waals surface area contributed by atoms with Crippen LogP contribution in [0.15, 0.2) is 0 Å². The first kappa shape index (κ1) is 20.5. The Morgan fingerprint density at radius 3 is 2.46 bits per heavy atom. The summed E-state index contributed by atoms with van der Waals surface area (Å²) in [5.74, 6) is -0.337. The molecule has 2 fully saturated rings. The molecule has 1 aliphatic carbocycles. The van der Waals surface area contributed by atoms with Crippen molar-refractivity contribution in [3.63, 3.8) is 0 Å². The highest BCUT2D eigenvalue weighted by molar-refractivity contribution is 5.91. The molecule has 0 spiro atoms. The van der Waals surface area contributed by atoms with Gasteiger partial charge in [-0.2, -0.15) is 0 Å². The summed E-state index contributed by atoms with van der Waals surface area (Å²) < 4.78 is 0. The Balaban J connectivity index is 2.13. The van der Waals surface area contributed by atoms with Crippen molar-refractivity contribution >= 4 is 17.9 Å². The molecule has 1 heterocycles. The zero-order valence-electron chi connectivity index (χ0n) is 16.0. The molecule has 1 aliphatic heterocycles. The lowest BCUT2D eigenvalue weighted by atomic mass is 9.83. The SMILES string of the molecule is C[C@@H]1CNCCN1C(=O)[C@@H](NC(=O)[C@H](C)N(C)C(=O)O)C1CCCCC1. The molecule has 148 valence electrons. The lowest BCUT2D eigenvalue weighted by Crippen LogP contribution is -2.61. The van der Waals surface area contributed by atoms with Crippen LogP contribution in [0.2, 0.25) is 0 Å². The van der Waals surface area contributed by atoms with Crippen molar-refractivity contribution in [3.8, 4) is 0 Å². The van der Waals surface area contributed by atoms with Crippen LogP contribution in [0.4, 0.5) is 4.79 Å². The third kappa shape index (κ3) is 4.87. The Morgan fingerprint density at radius 2 is 1.88 bits per heavy atom. The number of likely N-dealkylation sites (N-methyl/N-ethyl adjacent to an activating group) is 1. The first-order chi connectivity index (χ1) is 12.3. The molecular weight excluding hydrogens is 336 g/mol. The molecule has 0 aromatic carbocycles. The van der Waals surface area contributed by atoms with Gasteiger partial charge in [0.2, 0.25) is 11.8 Å². The third-order valence-corrected chi connectivity index (χ3v) is 5.73. The molecule has 0 bridgehead atoms. The summed E-state index contributed by atoms with van der Waals surface area (Å²) >= 11 is 0. The van der Waals surface area contributed by atoms with Crippen LogP contribution in [0.25, 0.3) is 0 Å². The maximum absolute atomic E-state index is 13.2. The van der Waals surface area contributed by atoms with Crippen LogP contribution in [-0.4, -0.2) is 77.6 Å². The lowest BCUT2D eigenvalue weighted by Gasteiger charge is -2.39. The van der Waals surface area contributed by atoms with Crippen molar-refractivity contribution in [1.29, 1.82) is 0 Å². The number of amides is 3. The van der Waals surface area contributed by atoms with Gasteiger partial charge in [0.1, 0.15) is 12.1 Å². The van der Waals surface area contributed by atoms with Gasteiger partial charge in [0.15, 0.2) is 0 Å². The molecule has 0 aromatic rings. The summed E-state index contributed by atoms with van der Waals surface area (Å²) in [6.45, 7) is 5.67. The number of hydrogen-bond donors (Lipinski definition) is 3. The van der Waals surface area contributed by atoms with Crippen LogP contribution in [0.5, 0.6) is 0 Å². The molecule has 8 nitrogen and oxygen atoms in total. The standard InChI is InChI=1S/C18H32N4O4/c1-12-11-19-9-10-22(12)17(24)15(14-7-5-4-6-8-14)20-16(23)13(2)21(3)18(25)26/h12-15,19H,4-11H2,1-3H3,(H,20,23)(H,25,26)/t12-,13+,15+/m1/s1. The van der Waals surface area contributed by atoms with Gasteiger partial charge in [-0.3, -0.25) is 14.5 Å². The van der Waals surface area contributed by atoms with Crippen molar-refractivity contribution in [2.45, 2.75) is 64.1 Å². The van der Waals surface area contributed by atoms with Gasteiger partial charge in [0, 0.05) is 32.7 Å². The predicted octanol–water partition coefficient (Wildman–Crippen LogP) is 0.870. The van der Waals surface area contributed by atoms with Crippen LogP contribution in [-0.2, 0) is 9.59 Å². The number of piperazine rings is 1. The molecule has 2 rings (SSSR count). The minimum absolute atomic E-state index is 0.0376. The van der Waals surface area contributed by atoms with E-state index in [1.807, 2.05) is 11.8 Å². The summed E-state index contributed by atoms with van der Waals surface area (Å²) in [6.07, 6.45) is 3.95. The van der Waals surface area contributed by atoms with Gasteiger partial charge in [-0.05, 0) is 32.6 Å². The molecule has 8 heteroatoms. The number of nitrogens with one attached hydrogen (secondary N) is 2. The molecule has 1 saturated carbocycles. The van der Waals surface area contributed by atoms with E-state index in [2.05, 4.69) is 10.6 Å². The summed E-state index contributed by atoms with van der Waals surface area (Å²) in [5, 5.41) is 15.3. The van der Waals surface area contributed by atoms with E-state index in [0.717, 1.165) is 50.1 Å². The fourth-order valence-corrected chi connectivity index (χ4v) is 3.81. The molecule has 3 N–H and O–H groups in total. The normalized spacial score (nSPS) is 23.8. The second kappa shape index (κ2) is 9.21. The van der Waals surface area contributed by atoms with Crippen LogP contribution in [0.1, 0.15) is 46.0 Å². The van der Waals surface area contributed by atoms with Crippen LogP contribution in [0.3, 0.4) is 0 Å². The van der Waals surface area contributed by atoms with Crippen molar-refractivity contribution < 1.29 is 19.5 Å². The van der Waals surface area contributed by atoms with E-state index in [1.165, 1.54) is 7.05 Å². The highest BCUT2D eigenvalue weighted by atomic mass is 16.4. The number of carboxylic acid groups (broad SMARTS) is 1. The number of carbonyl (C=O) groups excluding carboxylic acids is 2. The van der Waals surface area contributed by atoms with E-state index in [-0.39, 0.29) is 17.9 Å². The molecule has 0 unspecified atom stereocenters. The smallest absolute Gasteiger partial charge is 0.407 e. The van der Waals surface area contributed by atoms with Gasteiger partial charge in [-0.15, -0.1) is 0 Å². The molecule has 0 radical (unpaired) electrons. The zero-order valence-corrected chi connectivity index (χ0v) is 16.0. The maximum Gasteiger partial charge on any atom is 0.407 e. The largest absolute Gasteiger partial charge is 0.465 e. The minimum Gasteiger partial charge on any atom is -0.465 e. The molecule has 1 saturated heterocycles. The van der Waals surface area contributed by atoms with Gasteiger partial charge in [-0.1, -0.05) is 19.3 Å². The molecular formula is C18H32N4O4. The average molecular weight is 368 g/mol. The van der Waals surface area contributed by atoms with Gasteiger partial charge in [0.05, 0.1) is 0 Å². The Labute approximate surface area is 155 Å². The summed E-state index contributed by atoms with van der Waals surface area (Å²) in [6, 6.07) is -1.34. The third-order valence-electron chi connectivity index (χ3n) is 5.73. The second-order valence-corrected chi connectivity index (χ2v) is 7.54. The molecule has 26 heavy (non-hydrogen) atoms. The first-order valence-corrected chi connectivity index (χ1v) is 9.60. The number of hydrogen-bond acceptors (Lipinski definition) is 4. The zero-order chi connectivity index (χ0) is 19.3. The van der Waals surface area contributed by atoms with E-state index < -0.39 is 24.1 Å². The van der Waals surface area contributed by atoms with Crippen molar-refractivity contribution in [2.75, 3.05) is 26.7 Å². The first-order valence-electron chi connectivity index (χ1n) is 9.60. The highest BCUT2D eigenvalue weighted by Crippen LogP contribution is 2.28. The Hall–Kier alpha value is -1.83. The van der Waals surface area contributed by atoms with Gasteiger partial charge in [0.25, 0.3) is 0 Å². The van der Waals surface area contributed by atoms with Gasteiger partial charge in [-0.25, -0.2) is 4.79 Å². The Bertz CT molecular complexity index is 521. The van der Waals surface area contributed by atoms with E-state index in [9.17, 15) is 14.4 Å². The number of nitrogens with zero attached hydrogens (tertiary/aromatic N) is 2. The maximum atomic E-state index is 13.2. The summed E-state index contributed by atoms with van der Waals surface area (Å²) in [5.41, 5.74) is 0. The molecule has 3 amide bonds. The number of rotatable bonds is 5. The van der Waals surface area contributed by atoms with Crippen molar-refractivity contribution in [1.82, 2.24) is 20.4 Å². The van der Waals surface area contributed by atoms with Gasteiger partial charge < -0.3 is 20.6 Å². The number of carbonyl (C=O) groups is 3. The quantitative estimate of drug-likeness (QED) is 0.668. The van der Waals surface area contributed by atoms with Crippen LogP contribution >= 0.6 is 0 Å². The van der Waals surface area contributed by atoms with Crippen LogP contribution < -0.4 is 10.6 Å². The summed E-state index contributed by atoms with van der Waals surface area (Å²) in [4.78, 5) is 39.8. The van der Waals surface area contributed by atoms with E-state index in [1.54, 1.807) is 6.92 Å². The van der Waals surface area contributed by atoms with E-state index in [4.69, 9.17) is 5.11 Å². The average Bonchev–Trinajstić information content (AvgIpc) is 2.65. The Morgan fingerprint density at radius 1 is 1.23 bits per heavy atom. The van der Waals surface area contributed by atoms with Crippen molar-refractivity contribution in [3.05, 3.63) is 0 Å². The van der Waals surface area contributed by atoms with Gasteiger partial charge >= 0.3 is 6.09 Å². The molecule has 3 atom stereocenters. The highest BCUT2D eigenvalue weighted by Gasteiger charge is 2.37. The fraction of sp³-hybridized carbons (Fsp3) is 0.833. The van der Waals surface area contributed by atoms with E-state index in [0.29, 0.717) is 6.54 Å². The predicted molar refractivity (Wildman–Crippen MR) is 97.8 cm³/mol. The van der Waals surface area contributed by atoms with Crippen LogP contribution in [0, 0.1) is 5.92 Å². The fourth-order valence-electron chi connectivity index (χ4n) is 3.81. The summed E-state index contributed by atoms with van der Waals surface area (Å²) in [7, 11) is 1.36. The van der Waals surface area contributed by atoms with E-state index >= 15 is 0 Å². The Kier molecular flexibility index (Phi) is 7.25. The molecule has 0 aromatic heterocycles. The van der Waals surface area contributed by atoms with Crippen molar-refractivity contribution in [2.24, 2.45) is 5.92 Å². The topological polar surface area (TPSA) is 102 Å². The lowest BCUT2D eigenvalue weighted by molar-refractivity contribution is -0.141. The molecule has 2 aliphatic rings.